The van der Waals surface area contributed by atoms with Gasteiger partial charge in [0.25, 0.3) is 0 Å². The second-order valence-electron chi connectivity index (χ2n) is 8.85. The summed E-state index contributed by atoms with van der Waals surface area (Å²) in [6, 6.07) is 1.25. The van der Waals surface area contributed by atoms with Gasteiger partial charge in [0.1, 0.15) is 16.7 Å². The lowest BCUT2D eigenvalue weighted by Gasteiger charge is -2.20. The minimum absolute atomic E-state index is 0.104. The average molecular weight is 448 g/mol. The highest BCUT2D eigenvalue weighted by Crippen LogP contribution is 2.40. The molecule has 2 aliphatic carbocycles. The van der Waals surface area contributed by atoms with Crippen molar-refractivity contribution in [2.45, 2.75) is 75.6 Å². The summed E-state index contributed by atoms with van der Waals surface area (Å²) in [5.41, 5.74) is 4.05. The van der Waals surface area contributed by atoms with Gasteiger partial charge in [0.2, 0.25) is 5.88 Å². The first-order valence-electron chi connectivity index (χ1n) is 10.6. The summed E-state index contributed by atoms with van der Waals surface area (Å²) in [7, 11) is -3.58. The second-order valence-corrected chi connectivity index (χ2v) is 10.6. The number of halogens is 1. The van der Waals surface area contributed by atoms with Crippen molar-refractivity contribution in [3.63, 3.8) is 0 Å². The molecule has 1 aliphatic heterocycles. The summed E-state index contributed by atoms with van der Waals surface area (Å²) < 4.78 is 38.6. The molecular weight excluding hydrogens is 421 g/mol. The van der Waals surface area contributed by atoms with Crippen LogP contribution in [-0.2, 0) is 42.1 Å². The molecule has 0 saturated heterocycles. The van der Waals surface area contributed by atoms with Gasteiger partial charge in [0, 0.05) is 18.5 Å². The Morgan fingerprint density at radius 3 is 3.00 bits per heavy atom. The first kappa shape index (κ1) is 20.4. The molecule has 1 aromatic carbocycles. The van der Waals surface area contributed by atoms with Crippen LogP contribution in [0.3, 0.4) is 0 Å². The number of rotatable bonds is 3. The fourth-order valence-corrected chi connectivity index (χ4v) is 5.78. The highest BCUT2D eigenvalue weighted by Gasteiger charge is 2.38. The molecule has 2 aromatic rings. The van der Waals surface area contributed by atoms with E-state index >= 15 is 0 Å². The molecule has 0 fully saturated rings. The fraction of sp³-hybridized carbons (Fsp3) is 0.524. The molecule has 1 aromatic heterocycles. The molecule has 3 N–H and O–H groups in total. The molecule has 10 heteroatoms. The van der Waals surface area contributed by atoms with E-state index in [0.29, 0.717) is 18.7 Å². The Balaban J connectivity index is 1.47. The van der Waals surface area contributed by atoms with Crippen molar-refractivity contribution in [1.29, 1.82) is 0 Å². The van der Waals surface area contributed by atoms with Gasteiger partial charge in [-0.3, -0.25) is 0 Å². The van der Waals surface area contributed by atoms with Crippen LogP contribution in [0.4, 0.5) is 14.9 Å². The van der Waals surface area contributed by atoms with Gasteiger partial charge in [0.15, 0.2) is 9.92 Å². The van der Waals surface area contributed by atoms with Crippen molar-refractivity contribution in [2.24, 2.45) is 9.50 Å². The van der Waals surface area contributed by atoms with Crippen molar-refractivity contribution >= 4 is 21.6 Å². The molecule has 0 bridgehead atoms. The third-order valence-electron chi connectivity index (χ3n) is 6.57. The van der Waals surface area contributed by atoms with Crippen molar-refractivity contribution in [3.8, 4) is 5.88 Å². The third-order valence-corrected chi connectivity index (χ3v) is 7.91. The number of nitrogens with one attached hydrogen (secondary N) is 1. The van der Waals surface area contributed by atoms with Crippen molar-refractivity contribution in [2.75, 3.05) is 5.32 Å². The molecule has 0 spiro atoms. The van der Waals surface area contributed by atoms with Gasteiger partial charge in [-0.15, -0.1) is 4.36 Å². The summed E-state index contributed by atoms with van der Waals surface area (Å²) >= 11 is 0. The molecule has 166 valence electrons. The number of nitrogens with zero attached hydrogens (tertiary/aromatic N) is 3. The molecule has 5 rings (SSSR count). The first-order chi connectivity index (χ1) is 14.7. The fourth-order valence-electron chi connectivity index (χ4n) is 4.79. The van der Waals surface area contributed by atoms with E-state index in [9.17, 15) is 13.4 Å². The molecule has 31 heavy (non-hydrogen) atoms. The molecule has 2 unspecified atom stereocenters. The Labute approximate surface area is 180 Å². The maximum absolute atomic E-state index is 14.1. The van der Waals surface area contributed by atoms with Gasteiger partial charge in [-0.25, -0.2) is 23.2 Å². The predicted molar refractivity (Wildman–Crippen MR) is 114 cm³/mol. The summed E-state index contributed by atoms with van der Waals surface area (Å²) in [4.78, 5) is 12.9. The average Bonchev–Trinajstić information content (AvgIpc) is 3.43. The van der Waals surface area contributed by atoms with Crippen molar-refractivity contribution in [1.82, 2.24) is 9.78 Å². The number of urea groups is 1. The number of anilines is 1. The van der Waals surface area contributed by atoms with E-state index in [0.717, 1.165) is 47.9 Å². The number of nitrogens with two attached hydrogens (primary N) is 1. The quantitative estimate of drug-likeness (QED) is 0.752. The number of hydrogen-bond donors (Lipinski definition) is 2. The first-order valence-corrected chi connectivity index (χ1v) is 12.2. The summed E-state index contributed by atoms with van der Waals surface area (Å²) in [5.74, 6) is 0.287. The Kier molecular flexibility index (Phi) is 4.63. The SMILES string of the molecule is CCC1(C)Cn2ncc(S(N)(=O)=NC(=O)Nc3c4c(cc5c3C[C@@H](F)C5)CCC4)c2O1. The van der Waals surface area contributed by atoms with Crippen LogP contribution in [0, 0.1) is 0 Å². The van der Waals surface area contributed by atoms with E-state index in [1.807, 2.05) is 13.8 Å². The standard InChI is InChI=1S/C21H26FN5O3S/c1-3-21(2)11-27-19(30-21)17(10-24-27)31(23,29)26-20(28)25-18-15-6-4-5-12(15)7-13-8-14(22)9-16(13)18/h7,10,14H,3-6,8-9,11H2,1-2H3,(H3,23,25,26,28,29)/t14-,21?,31?/m0/s1. The highest BCUT2D eigenvalue weighted by atomic mass is 32.2. The number of fused-ring (bicyclic) bond motifs is 3. The number of hydrogen-bond acceptors (Lipinski definition) is 4. The van der Waals surface area contributed by atoms with Crippen molar-refractivity contribution < 1.29 is 18.1 Å². The van der Waals surface area contributed by atoms with Gasteiger partial charge in [0.05, 0.1) is 12.7 Å². The van der Waals surface area contributed by atoms with Gasteiger partial charge >= 0.3 is 6.03 Å². The molecule has 8 nitrogen and oxygen atoms in total. The van der Waals surface area contributed by atoms with E-state index in [1.165, 1.54) is 6.20 Å². The zero-order chi connectivity index (χ0) is 22.0. The normalized spacial score (nSPS) is 25.4. The molecule has 0 radical (unpaired) electrons. The third kappa shape index (κ3) is 3.41. The maximum Gasteiger partial charge on any atom is 0.354 e. The Bertz CT molecular complexity index is 1220. The van der Waals surface area contributed by atoms with Crippen LogP contribution in [0.1, 0.15) is 48.9 Å². The number of carbonyl (C=O) groups excluding carboxylic acids is 1. The number of aromatic nitrogens is 2. The number of carbonyl (C=O) groups is 1. The molecular formula is C21H26FN5O3S. The lowest BCUT2D eigenvalue weighted by molar-refractivity contribution is 0.105. The van der Waals surface area contributed by atoms with Gasteiger partial charge in [-0.1, -0.05) is 13.0 Å². The summed E-state index contributed by atoms with van der Waals surface area (Å²) in [6.45, 7) is 4.43. The minimum Gasteiger partial charge on any atom is -0.469 e. The number of benzene rings is 1. The van der Waals surface area contributed by atoms with E-state index in [1.54, 1.807) is 4.68 Å². The van der Waals surface area contributed by atoms with Crippen LogP contribution in [0.5, 0.6) is 5.88 Å². The summed E-state index contributed by atoms with van der Waals surface area (Å²) in [5, 5.41) is 13.0. The molecule has 2 heterocycles. The predicted octanol–water partition coefficient (Wildman–Crippen LogP) is 3.30. The zero-order valence-electron chi connectivity index (χ0n) is 17.6. The van der Waals surface area contributed by atoms with Crippen LogP contribution in [-0.4, -0.2) is 31.8 Å². The van der Waals surface area contributed by atoms with Gasteiger partial charge in [-0.2, -0.15) is 5.10 Å². The Hall–Kier alpha value is -2.46. The van der Waals surface area contributed by atoms with Gasteiger partial charge < -0.3 is 10.1 Å². The van der Waals surface area contributed by atoms with Crippen LogP contribution < -0.4 is 15.2 Å². The van der Waals surface area contributed by atoms with Crippen LogP contribution in [0.2, 0.25) is 0 Å². The number of alkyl halides is 1. The maximum atomic E-state index is 14.1. The molecule has 2 amide bonds. The number of amides is 2. The minimum atomic E-state index is -3.58. The topological polar surface area (TPSA) is 112 Å². The summed E-state index contributed by atoms with van der Waals surface area (Å²) in [6.07, 6.45) is 4.44. The number of aryl methyl sites for hydroxylation is 1. The van der Waals surface area contributed by atoms with E-state index in [4.69, 9.17) is 9.88 Å². The Morgan fingerprint density at radius 1 is 1.42 bits per heavy atom. The zero-order valence-corrected chi connectivity index (χ0v) is 18.4. The number of ether oxygens (including phenoxy) is 1. The highest BCUT2D eigenvalue weighted by molar-refractivity contribution is 7.91. The Morgan fingerprint density at radius 2 is 2.23 bits per heavy atom. The van der Waals surface area contributed by atoms with Crippen LogP contribution in [0.15, 0.2) is 21.5 Å². The van der Waals surface area contributed by atoms with Crippen molar-refractivity contribution in [3.05, 3.63) is 34.5 Å². The van der Waals surface area contributed by atoms with Crippen LogP contribution >= 0.6 is 0 Å². The molecule has 3 atom stereocenters. The largest absolute Gasteiger partial charge is 0.469 e. The molecule has 3 aliphatic rings. The monoisotopic (exact) mass is 447 g/mol. The van der Waals surface area contributed by atoms with E-state index < -0.39 is 27.7 Å². The lowest BCUT2D eigenvalue weighted by atomic mass is 9.99. The second kappa shape index (κ2) is 7.03. The lowest BCUT2D eigenvalue weighted by Crippen LogP contribution is -2.30. The molecule has 0 saturated carbocycles. The van der Waals surface area contributed by atoms with Gasteiger partial charge in [-0.05, 0) is 54.9 Å². The van der Waals surface area contributed by atoms with E-state index in [2.05, 4.69) is 20.8 Å². The van der Waals surface area contributed by atoms with Crippen LogP contribution in [0.25, 0.3) is 0 Å². The smallest absolute Gasteiger partial charge is 0.354 e. The van der Waals surface area contributed by atoms with E-state index in [-0.39, 0.29) is 17.2 Å².